The molecule has 0 spiro atoms. The molecular formula is C13H13N3O4S2. The average molecular weight is 339 g/mol. The molecule has 0 aromatic carbocycles. The lowest BCUT2D eigenvalue weighted by molar-refractivity contribution is -0.116. The third-order valence-electron chi connectivity index (χ3n) is 2.52. The highest BCUT2D eigenvalue weighted by atomic mass is 32.1. The van der Waals surface area contributed by atoms with Gasteiger partial charge in [0, 0.05) is 13.0 Å². The molecule has 0 radical (unpaired) electrons. The highest BCUT2D eigenvalue weighted by Crippen LogP contribution is 2.18. The minimum atomic E-state index is -0.499. The predicted molar refractivity (Wildman–Crippen MR) is 83.4 cm³/mol. The van der Waals surface area contributed by atoms with Gasteiger partial charge in [-0.3, -0.25) is 9.59 Å². The van der Waals surface area contributed by atoms with E-state index in [1.54, 1.807) is 12.1 Å². The summed E-state index contributed by atoms with van der Waals surface area (Å²) < 4.78 is 4.55. The van der Waals surface area contributed by atoms with E-state index >= 15 is 0 Å². The van der Waals surface area contributed by atoms with Gasteiger partial charge in [-0.1, -0.05) is 17.4 Å². The number of hydrogen-bond acceptors (Lipinski definition) is 7. The third kappa shape index (κ3) is 4.37. The quantitative estimate of drug-likeness (QED) is 0.782. The van der Waals surface area contributed by atoms with Crippen LogP contribution in [0.4, 0.5) is 5.13 Å². The number of carbonyl (C=O) groups is 3. The van der Waals surface area contributed by atoms with Crippen LogP contribution in [0.25, 0.3) is 0 Å². The number of thiazole rings is 1. The molecule has 2 heterocycles. The van der Waals surface area contributed by atoms with E-state index in [2.05, 4.69) is 20.4 Å². The van der Waals surface area contributed by atoms with Crippen LogP contribution in [0.5, 0.6) is 0 Å². The smallest absolute Gasteiger partial charge is 0.349 e. The lowest BCUT2D eigenvalue weighted by Gasteiger charge is -2.03. The maximum absolute atomic E-state index is 11.7. The zero-order valence-electron chi connectivity index (χ0n) is 11.6. The van der Waals surface area contributed by atoms with Crippen molar-refractivity contribution in [1.82, 2.24) is 10.3 Å². The summed E-state index contributed by atoms with van der Waals surface area (Å²) in [6.07, 6.45) is 1.45. The maximum Gasteiger partial charge on any atom is 0.349 e. The molecule has 0 aliphatic carbocycles. The standard InChI is InChI=1S/C13H13N3O4S2/c1-20-12(19)9-7-15-13(22-9)16-10(17)4-5-14-11(18)8-3-2-6-21-8/h2-3,6-7H,4-5H2,1H3,(H,14,18)(H,15,16,17). The van der Waals surface area contributed by atoms with Crippen LogP contribution in [-0.4, -0.2) is 36.4 Å². The number of nitrogens with zero attached hydrogens (tertiary/aromatic N) is 1. The number of methoxy groups -OCH3 is 1. The van der Waals surface area contributed by atoms with Gasteiger partial charge in [-0.25, -0.2) is 9.78 Å². The van der Waals surface area contributed by atoms with Crippen molar-refractivity contribution >= 4 is 45.6 Å². The Kier molecular flexibility index (Phi) is 5.61. The topological polar surface area (TPSA) is 97.4 Å². The molecule has 0 atom stereocenters. The Morgan fingerprint density at radius 1 is 1.32 bits per heavy atom. The van der Waals surface area contributed by atoms with Crippen LogP contribution in [-0.2, 0) is 9.53 Å². The van der Waals surface area contributed by atoms with Crippen LogP contribution >= 0.6 is 22.7 Å². The molecule has 2 aromatic heterocycles. The van der Waals surface area contributed by atoms with Crippen LogP contribution in [0.2, 0.25) is 0 Å². The highest BCUT2D eigenvalue weighted by molar-refractivity contribution is 7.17. The van der Waals surface area contributed by atoms with E-state index in [1.165, 1.54) is 24.6 Å². The minimum Gasteiger partial charge on any atom is -0.465 e. The number of esters is 1. The van der Waals surface area contributed by atoms with Gasteiger partial charge >= 0.3 is 5.97 Å². The molecule has 2 N–H and O–H groups in total. The van der Waals surface area contributed by atoms with Gasteiger partial charge in [-0.15, -0.1) is 11.3 Å². The number of aromatic nitrogens is 1. The van der Waals surface area contributed by atoms with Crippen LogP contribution in [0.1, 0.15) is 25.8 Å². The Balaban J connectivity index is 1.75. The largest absolute Gasteiger partial charge is 0.465 e. The zero-order valence-corrected chi connectivity index (χ0v) is 13.3. The van der Waals surface area contributed by atoms with E-state index in [0.717, 1.165) is 11.3 Å². The van der Waals surface area contributed by atoms with Gasteiger partial charge in [0.1, 0.15) is 4.88 Å². The van der Waals surface area contributed by atoms with Crippen molar-refractivity contribution in [2.45, 2.75) is 6.42 Å². The molecule has 116 valence electrons. The summed E-state index contributed by atoms with van der Waals surface area (Å²) in [6.45, 7) is 0.220. The van der Waals surface area contributed by atoms with Gasteiger partial charge in [0.05, 0.1) is 18.2 Å². The highest BCUT2D eigenvalue weighted by Gasteiger charge is 2.12. The molecule has 2 rings (SSSR count). The fraction of sp³-hybridized carbons (Fsp3) is 0.231. The lowest BCUT2D eigenvalue weighted by Crippen LogP contribution is -2.27. The summed E-state index contributed by atoms with van der Waals surface area (Å²) >= 11 is 2.36. The lowest BCUT2D eigenvalue weighted by atomic mass is 10.4. The summed E-state index contributed by atoms with van der Waals surface area (Å²) in [6, 6.07) is 3.50. The fourth-order valence-electron chi connectivity index (χ4n) is 1.49. The van der Waals surface area contributed by atoms with Crippen molar-refractivity contribution in [3.63, 3.8) is 0 Å². The predicted octanol–water partition coefficient (Wildman–Crippen LogP) is 1.75. The van der Waals surface area contributed by atoms with Crippen LogP contribution in [0.3, 0.4) is 0 Å². The van der Waals surface area contributed by atoms with E-state index in [1.807, 2.05) is 5.38 Å². The fourth-order valence-corrected chi connectivity index (χ4v) is 2.88. The van der Waals surface area contributed by atoms with Crippen LogP contribution in [0.15, 0.2) is 23.7 Å². The number of thiophene rings is 1. The van der Waals surface area contributed by atoms with Crippen molar-refractivity contribution < 1.29 is 19.1 Å². The number of ether oxygens (including phenoxy) is 1. The Morgan fingerprint density at radius 2 is 2.14 bits per heavy atom. The number of nitrogens with one attached hydrogen (secondary N) is 2. The normalized spacial score (nSPS) is 10.0. The third-order valence-corrected chi connectivity index (χ3v) is 4.28. The molecular weight excluding hydrogens is 326 g/mol. The van der Waals surface area contributed by atoms with Crippen molar-refractivity contribution in [3.8, 4) is 0 Å². The van der Waals surface area contributed by atoms with Gasteiger partial charge in [0.15, 0.2) is 5.13 Å². The second kappa shape index (κ2) is 7.66. The van der Waals surface area contributed by atoms with Gasteiger partial charge in [-0.05, 0) is 11.4 Å². The van der Waals surface area contributed by atoms with E-state index < -0.39 is 5.97 Å². The second-order valence-corrected chi connectivity index (χ2v) is 6.03. The monoisotopic (exact) mass is 339 g/mol. The molecule has 0 unspecified atom stereocenters. The molecule has 0 saturated carbocycles. The Hall–Kier alpha value is -2.26. The summed E-state index contributed by atoms with van der Waals surface area (Å²) in [5, 5.41) is 7.34. The Morgan fingerprint density at radius 3 is 2.82 bits per heavy atom. The number of carbonyl (C=O) groups excluding carboxylic acids is 3. The van der Waals surface area contributed by atoms with E-state index in [4.69, 9.17) is 0 Å². The van der Waals surface area contributed by atoms with Gasteiger partial charge in [0.2, 0.25) is 5.91 Å². The van der Waals surface area contributed by atoms with Gasteiger partial charge in [-0.2, -0.15) is 0 Å². The maximum atomic E-state index is 11.7. The molecule has 9 heteroatoms. The first-order valence-corrected chi connectivity index (χ1v) is 7.95. The first-order chi connectivity index (χ1) is 10.6. The Labute approximate surface area is 134 Å². The molecule has 0 fully saturated rings. The van der Waals surface area contributed by atoms with Gasteiger partial charge < -0.3 is 15.4 Å². The molecule has 2 aromatic rings. The van der Waals surface area contributed by atoms with Gasteiger partial charge in [0.25, 0.3) is 5.91 Å². The number of anilines is 1. The molecule has 0 aliphatic heterocycles. The first kappa shape index (κ1) is 16.1. The van der Waals surface area contributed by atoms with E-state index in [0.29, 0.717) is 14.9 Å². The first-order valence-electron chi connectivity index (χ1n) is 6.26. The van der Waals surface area contributed by atoms with Crippen molar-refractivity contribution in [1.29, 1.82) is 0 Å². The number of amides is 2. The van der Waals surface area contributed by atoms with Crippen molar-refractivity contribution in [3.05, 3.63) is 33.5 Å². The average Bonchev–Trinajstić information content (AvgIpc) is 3.17. The van der Waals surface area contributed by atoms with Crippen LogP contribution < -0.4 is 10.6 Å². The SMILES string of the molecule is COC(=O)c1cnc(NC(=O)CCNC(=O)c2cccs2)s1. The molecule has 0 saturated heterocycles. The number of hydrogen-bond donors (Lipinski definition) is 2. The van der Waals surface area contributed by atoms with Crippen LogP contribution in [0, 0.1) is 0 Å². The minimum absolute atomic E-state index is 0.115. The second-order valence-electron chi connectivity index (χ2n) is 4.05. The van der Waals surface area contributed by atoms with E-state index in [-0.39, 0.29) is 24.8 Å². The summed E-state index contributed by atoms with van der Waals surface area (Å²) in [7, 11) is 1.27. The molecule has 22 heavy (non-hydrogen) atoms. The summed E-state index contributed by atoms with van der Waals surface area (Å²) in [5.41, 5.74) is 0. The van der Waals surface area contributed by atoms with E-state index in [9.17, 15) is 14.4 Å². The zero-order chi connectivity index (χ0) is 15.9. The van der Waals surface area contributed by atoms with Crippen molar-refractivity contribution in [2.75, 3.05) is 19.0 Å². The summed E-state index contributed by atoms with van der Waals surface area (Å²) in [5.74, 6) is -0.997. The number of rotatable bonds is 6. The molecule has 2 amide bonds. The molecule has 0 bridgehead atoms. The van der Waals surface area contributed by atoms with Crippen molar-refractivity contribution in [2.24, 2.45) is 0 Å². The summed E-state index contributed by atoms with van der Waals surface area (Å²) in [4.78, 5) is 39.5. The molecule has 7 nitrogen and oxygen atoms in total. The Bertz CT molecular complexity index is 667. The molecule has 0 aliphatic rings.